The Labute approximate surface area is 199 Å². The average molecular weight is 466 g/mol. The second kappa shape index (κ2) is 11.0. The number of carbonyl (C=O) groups is 1. The highest BCUT2D eigenvalue weighted by atomic mass is 16.5. The molecular formula is C26H31N3O5. The van der Waals surface area contributed by atoms with Gasteiger partial charge in [0.25, 0.3) is 0 Å². The number of carbonyl (C=O) groups excluding carboxylic acids is 1. The zero-order chi connectivity index (χ0) is 23.9. The van der Waals surface area contributed by atoms with Gasteiger partial charge in [-0.2, -0.15) is 4.98 Å². The van der Waals surface area contributed by atoms with E-state index >= 15 is 0 Å². The van der Waals surface area contributed by atoms with Crippen molar-refractivity contribution in [2.24, 2.45) is 0 Å². The quantitative estimate of drug-likeness (QED) is 0.400. The molecule has 4 rings (SSSR count). The average Bonchev–Trinajstić information content (AvgIpc) is 3.47. The van der Waals surface area contributed by atoms with Crippen molar-refractivity contribution >= 4 is 5.91 Å². The molecule has 8 heteroatoms. The van der Waals surface area contributed by atoms with Gasteiger partial charge in [0, 0.05) is 25.1 Å². The van der Waals surface area contributed by atoms with Crippen LogP contribution in [0, 0.1) is 0 Å². The normalized spacial score (nSPS) is 15.6. The number of ether oxygens (including phenoxy) is 3. The standard InChI is InChI=1S/C26H31N3O5/c1-4-13-33-21-10-8-19(9-11-21)25-27-26(34-28-25)20-15-24(30)29(17-20)16-18-7-12-22(31-5-2)23(14-18)32-6-3/h7-12,14,20H,4-6,13,15-17H2,1-3H3. The molecule has 1 aromatic heterocycles. The number of likely N-dealkylation sites (tertiary alicyclic amines) is 1. The Hall–Kier alpha value is -3.55. The lowest BCUT2D eigenvalue weighted by Gasteiger charge is -2.18. The predicted octanol–water partition coefficient (Wildman–Crippen LogP) is 4.84. The first-order valence-corrected chi connectivity index (χ1v) is 11.8. The molecule has 180 valence electrons. The molecule has 1 fully saturated rings. The Morgan fingerprint density at radius 2 is 1.76 bits per heavy atom. The van der Waals surface area contributed by atoms with E-state index in [1.807, 2.05) is 61.2 Å². The molecule has 0 spiro atoms. The van der Waals surface area contributed by atoms with E-state index in [0.717, 1.165) is 23.3 Å². The molecule has 2 aromatic carbocycles. The first kappa shape index (κ1) is 23.6. The minimum atomic E-state index is -0.130. The van der Waals surface area contributed by atoms with Crippen molar-refractivity contribution in [3.05, 3.63) is 53.9 Å². The SMILES string of the molecule is CCCOc1ccc(-c2noc(C3CC(=O)N(Cc4ccc(OCC)c(OCC)c4)C3)n2)cc1. The van der Waals surface area contributed by atoms with Crippen molar-refractivity contribution in [2.45, 2.75) is 46.1 Å². The summed E-state index contributed by atoms with van der Waals surface area (Å²) in [6.45, 7) is 8.75. The van der Waals surface area contributed by atoms with E-state index in [4.69, 9.17) is 18.7 Å². The van der Waals surface area contributed by atoms with Gasteiger partial charge in [-0.05, 0) is 62.2 Å². The lowest BCUT2D eigenvalue weighted by Crippen LogP contribution is -2.24. The van der Waals surface area contributed by atoms with Gasteiger partial charge in [0.05, 0.1) is 25.7 Å². The molecule has 1 amide bonds. The van der Waals surface area contributed by atoms with Gasteiger partial charge >= 0.3 is 0 Å². The molecular weight excluding hydrogens is 434 g/mol. The van der Waals surface area contributed by atoms with Gasteiger partial charge in [-0.3, -0.25) is 4.79 Å². The molecule has 0 bridgehead atoms. The summed E-state index contributed by atoms with van der Waals surface area (Å²) in [5.41, 5.74) is 1.83. The third-order valence-electron chi connectivity index (χ3n) is 5.57. The lowest BCUT2D eigenvalue weighted by molar-refractivity contribution is -0.128. The van der Waals surface area contributed by atoms with Crippen molar-refractivity contribution in [1.29, 1.82) is 0 Å². The van der Waals surface area contributed by atoms with Crippen LogP contribution in [-0.4, -0.2) is 47.3 Å². The molecule has 8 nitrogen and oxygen atoms in total. The van der Waals surface area contributed by atoms with Gasteiger partial charge in [0.2, 0.25) is 17.6 Å². The van der Waals surface area contributed by atoms with Crippen LogP contribution in [-0.2, 0) is 11.3 Å². The molecule has 1 atom stereocenters. The van der Waals surface area contributed by atoms with Crippen LogP contribution in [0.1, 0.15) is 51.0 Å². The number of hydrogen-bond donors (Lipinski definition) is 0. The van der Waals surface area contributed by atoms with Crippen molar-refractivity contribution < 1.29 is 23.5 Å². The zero-order valence-electron chi connectivity index (χ0n) is 20.0. The molecule has 3 aromatic rings. The molecule has 0 saturated carbocycles. The number of aromatic nitrogens is 2. The maximum absolute atomic E-state index is 12.7. The van der Waals surface area contributed by atoms with Crippen molar-refractivity contribution in [1.82, 2.24) is 15.0 Å². The molecule has 1 aliphatic rings. The van der Waals surface area contributed by atoms with Crippen molar-refractivity contribution in [2.75, 3.05) is 26.4 Å². The fraction of sp³-hybridized carbons (Fsp3) is 0.423. The van der Waals surface area contributed by atoms with Crippen LogP contribution >= 0.6 is 0 Å². The molecule has 1 aliphatic heterocycles. The van der Waals surface area contributed by atoms with Crippen LogP contribution in [0.25, 0.3) is 11.4 Å². The molecule has 1 saturated heterocycles. The summed E-state index contributed by atoms with van der Waals surface area (Å²) in [4.78, 5) is 19.1. The van der Waals surface area contributed by atoms with E-state index in [0.29, 0.717) is 62.5 Å². The summed E-state index contributed by atoms with van der Waals surface area (Å²) in [6, 6.07) is 13.4. The fourth-order valence-electron chi connectivity index (χ4n) is 3.94. The summed E-state index contributed by atoms with van der Waals surface area (Å²) in [5, 5.41) is 4.13. The molecule has 2 heterocycles. The first-order chi connectivity index (χ1) is 16.6. The summed E-state index contributed by atoms with van der Waals surface area (Å²) in [5.74, 6) is 3.14. The summed E-state index contributed by atoms with van der Waals surface area (Å²) in [6.07, 6.45) is 1.31. The maximum Gasteiger partial charge on any atom is 0.232 e. The Morgan fingerprint density at radius 1 is 1.00 bits per heavy atom. The van der Waals surface area contributed by atoms with Crippen LogP contribution in [0.5, 0.6) is 17.2 Å². The van der Waals surface area contributed by atoms with Crippen LogP contribution < -0.4 is 14.2 Å². The third kappa shape index (κ3) is 5.50. The number of benzene rings is 2. The maximum atomic E-state index is 12.7. The minimum absolute atomic E-state index is 0.0639. The van der Waals surface area contributed by atoms with E-state index in [1.165, 1.54) is 0 Å². The topological polar surface area (TPSA) is 86.9 Å². The lowest BCUT2D eigenvalue weighted by atomic mass is 10.1. The highest BCUT2D eigenvalue weighted by molar-refractivity contribution is 5.79. The second-order valence-electron chi connectivity index (χ2n) is 8.15. The van der Waals surface area contributed by atoms with Crippen molar-refractivity contribution in [3.63, 3.8) is 0 Å². The van der Waals surface area contributed by atoms with E-state index in [-0.39, 0.29) is 11.8 Å². The molecule has 0 N–H and O–H groups in total. The third-order valence-corrected chi connectivity index (χ3v) is 5.57. The highest BCUT2D eigenvalue weighted by Crippen LogP contribution is 2.32. The number of hydrogen-bond acceptors (Lipinski definition) is 7. The first-order valence-electron chi connectivity index (χ1n) is 11.8. The van der Waals surface area contributed by atoms with E-state index < -0.39 is 0 Å². The Morgan fingerprint density at radius 3 is 2.50 bits per heavy atom. The van der Waals surface area contributed by atoms with Gasteiger partial charge in [-0.1, -0.05) is 18.1 Å². The Bertz CT molecular complexity index is 1100. The van der Waals surface area contributed by atoms with Crippen LogP contribution in [0.3, 0.4) is 0 Å². The van der Waals surface area contributed by atoms with E-state index in [2.05, 4.69) is 17.1 Å². The minimum Gasteiger partial charge on any atom is -0.494 e. The predicted molar refractivity (Wildman–Crippen MR) is 127 cm³/mol. The Balaban J connectivity index is 1.41. The molecule has 0 aliphatic carbocycles. The summed E-state index contributed by atoms with van der Waals surface area (Å²) in [7, 11) is 0. The largest absolute Gasteiger partial charge is 0.494 e. The van der Waals surface area contributed by atoms with Gasteiger partial charge in [0.1, 0.15) is 5.75 Å². The van der Waals surface area contributed by atoms with Crippen LogP contribution in [0.15, 0.2) is 47.0 Å². The second-order valence-corrected chi connectivity index (χ2v) is 8.15. The van der Waals surface area contributed by atoms with E-state index in [9.17, 15) is 4.79 Å². The van der Waals surface area contributed by atoms with Crippen LogP contribution in [0.2, 0.25) is 0 Å². The van der Waals surface area contributed by atoms with Gasteiger partial charge < -0.3 is 23.6 Å². The molecule has 1 unspecified atom stereocenters. The van der Waals surface area contributed by atoms with Gasteiger partial charge in [-0.25, -0.2) is 0 Å². The molecule has 34 heavy (non-hydrogen) atoms. The van der Waals surface area contributed by atoms with Gasteiger partial charge in [-0.15, -0.1) is 0 Å². The number of rotatable bonds is 11. The zero-order valence-corrected chi connectivity index (χ0v) is 20.0. The van der Waals surface area contributed by atoms with E-state index in [1.54, 1.807) is 0 Å². The number of amides is 1. The monoisotopic (exact) mass is 465 g/mol. The number of nitrogens with zero attached hydrogens (tertiary/aromatic N) is 3. The van der Waals surface area contributed by atoms with Crippen LogP contribution in [0.4, 0.5) is 0 Å². The summed E-state index contributed by atoms with van der Waals surface area (Å²) < 4.78 is 22.5. The highest BCUT2D eigenvalue weighted by Gasteiger charge is 2.34. The Kier molecular flexibility index (Phi) is 7.67. The summed E-state index contributed by atoms with van der Waals surface area (Å²) >= 11 is 0. The van der Waals surface area contributed by atoms with Crippen molar-refractivity contribution in [3.8, 4) is 28.6 Å². The van der Waals surface area contributed by atoms with Gasteiger partial charge in [0.15, 0.2) is 11.5 Å². The fourth-order valence-corrected chi connectivity index (χ4v) is 3.94. The smallest absolute Gasteiger partial charge is 0.232 e. The molecule has 0 radical (unpaired) electrons.